The molecule has 3 N–H and O–H groups in total. The molecule has 0 saturated carbocycles. The van der Waals surface area contributed by atoms with Gasteiger partial charge in [-0.15, -0.1) is 0 Å². The third-order valence-corrected chi connectivity index (χ3v) is 4.50. The molecule has 8 nitrogen and oxygen atoms in total. The lowest BCUT2D eigenvalue weighted by molar-refractivity contribution is -0.139. The number of carbonyl (C=O) groups excluding carboxylic acids is 3. The fourth-order valence-corrected chi connectivity index (χ4v) is 2.46. The van der Waals surface area contributed by atoms with E-state index < -0.39 is 11.8 Å². The van der Waals surface area contributed by atoms with Crippen LogP contribution >= 0.6 is 15.9 Å². The van der Waals surface area contributed by atoms with Crippen LogP contribution in [0.25, 0.3) is 0 Å². The van der Waals surface area contributed by atoms with E-state index >= 15 is 0 Å². The number of ether oxygens (including phenoxy) is 1. The number of hydrogen-bond acceptors (Lipinski definition) is 5. The van der Waals surface area contributed by atoms with Crippen molar-refractivity contribution >= 4 is 45.6 Å². The summed E-state index contributed by atoms with van der Waals surface area (Å²) in [4.78, 5) is 35.5. The molecule has 1 atom stereocenters. The molecule has 2 aromatic carbocycles. The first-order valence-electron chi connectivity index (χ1n) is 9.30. The predicted octanol–water partition coefficient (Wildman–Crippen LogP) is 2.83. The second-order valence-electron chi connectivity index (χ2n) is 6.36. The van der Waals surface area contributed by atoms with Crippen LogP contribution in [0.5, 0.6) is 5.75 Å². The van der Waals surface area contributed by atoms with Crippen molar-refractivity contribution in [2.45, 2.75) is 26.3 Å². The number of rotatable bonds is 8. The zero-order valence-corrected chi connectivity index (χ0v) is 18.2. The Morgan fingerprint density at radius 3 is 2.50 bits per heavy atom. The molecule has 2 rings (SSSR count). The van der Waals surface area contributed by atoms with Crippen LogP contribution in [0, 0.1) is 0 Å². The van der Waals surface area contributed by atoms with E-state index in [1.807, 2.05) is 19.1 Å². The van der Waals surface area contributed by atoms with Crippen molar-refractivity contribution in [3.05, 3.63) is 58.6 Å². The summed E-state index contributed by atoms with van der Waals surface area (Å²) in [6.45, 7) is 3.50. The van der Waals surface area contributed by atoms with Gasteiger partial charge in [-0.2, -0.15) is 5.10 Å². The van der Waals surface area contributed by atoms with Gasteiger partial charge in [0.05, 0.1) is 6.21 Å². The summed E-state index contributed by atoms with van der Waals surface area (Å²) in [7, 11) is 0. The first-order valence-corrected chi connectivity index (χ1v) is 10.1. The normalized spacial score (nSPS) is 11.6. The molecule has 0 aromatic heterocycles. The maximum atomic E-state index is 12.1. The van der Waals surface area contributed by atoms with Gasteiger partial charge in [0, 0.05) is 21.8 Å². The second kappa shape index (κ2) is 11.7. The molecule has 0 aliphatic heterocycles. The van der Waals surface area contributed by atoms with Crippen molar-refractivity contribution in [3.63, 3.8) is 0 Å². The van der Waals surface area contributed by atoms with Gasteiger partial charge in [0.15, 0.2) is 6.61 Å². The van der Waals surface area contributed by atoms with Crippen molar-refractivity contribution < 1.29 is 19.1 Å². The highest BCUT2D eigenvalue weighted by atomic mass is 79.9. The van der Waals surface area contributed by atoms with E-state index in [1.165, 1.54) is 6.21 Å². The van der Waals surface area contributed by atoms with Crippen molar-refractivity contribution in [1.82, 2.24) is 10.7 Å². The number of nitrogens with one attached hydrogen (secondary N) is 3. The molecular formula is C21H23BrN4O4. The van der Waals surface area contributed by atoms with Gasteiger partial charge < -0.3 is 15.4 Å². The highest BCUT2D eigenvalue weighted by Gasteiger charge is 2.14. The van der Waals surface area contributed by atoms with Gasteiger partial charge in [-0.25, -0.2) is 5.43 Å². The summed E-state index contributed by atoms with van der Waals surface area (Å²) < 4.78 is 6.47. The lowest BCUT2D eigenvalue weighted by Crippen LogP contribution is -2.41. The molecule has 0 spiro atoms. The maximum Gasteiger partial charge on any atom is 0.329 e. The SMILES string of the molecule is CC[C@@H](C)NC(=O)C(=O)N/N=C\c1ccccc1OCC(=O)Nc1ccc(Br)cc1. The Bertz CT molecular complexity index is 915. The first kappa shape index (κ1) is 23.1. The van der Waals surface area contributed by atoms with Crippen molar-refractivity contribution in [1.29, 1.82) is 0 Å². The fraction of sp³-hybridized carbons (Fsp3) is 0.238. The zero-order valence-electron chi connectivity index (χ0n) is 16.6. The quantitative estimate of drug-likeness (QED) is 0.310. The Hall–Kier alpha value is -3.20. The minimum atomic E-state index is -0.862. The number of para-hydroxylation sites is 1. The molecule has 2 aromatic rings. The Morgan fingerprint density at radius 1 is 1.10 bits per heavy atom. The summed E-state index contributed by atoms with van der Waals surface area (Å²) in [5.74, 6) is -1.53. The third-order valence-electron chi connectivity index (χ3n) is 3.97. The van der Waals surface area contributed by atoms with Gasteiger partial charge in [0.25, 0.3) is 5.91 Å². The minimum Gasteiger partial charge on any atom is -0.483 e. The molecule has 0 saturated heterocycles. The van der Waals surface area contributed by atoms with E-state index in [-0.39, 0.29) is 18.6 Å². The Balaban J connectivity index is 1.89. The molecule has 0 aliphatic rings. The van der Waals surface area contributed by atoms with Gasteiger partial charge >= 0.3 is 11.8 Å². The monoisotopic (exact) mass is 474 g/mol. The van der Waals surface area contributed by atoms with Gasteiger partial charge in [0.1, 0.15) is 5.75 Å². The largest absolute Gasteiger partial charge is 0.483 e. The van der Waals surface area contributed by atoms with Crippen LogP contribution < -0.4 is 20.8 Å². The smallest absolute Gasteiger partial charge is 0.329 e. The van der Waals surface area contributed by atoms with E-state index in [0.717, 1.165) is 4.47 Å². The average Bonchev–Trinajstić information content (AvgIpc) is 2.74. The minimum absolute atomic E-state index is 0.107. The third kappa shape index (κ3) is 7.67. The number of nitrogens with zero attached hydrogens (tertiary/aromatic N) is 1. The first-order chi connectivity index (χ1) is 14.4. The number of benzene rings is 2. The second-order valence-corrected chi connectivity index (χ2v) is 7.28. The van der Waals surface area contributed by atoms with Crippen LogP contribution in [0.15, 0.2) is 58.1 Å². The summed E-state index contributed by atoms with van der Waals surface area (Å²) in [5.41, 5.74) is 3.36. The lowest BCUT2D eigenvalue weighted by Gasteiger charge is -2.10. The zero-order chi connectivity index (χ0) is 21.9. The van der Waals surface area contributed by atoms with Crippen LogP contribution in [0.1, 0.15) is 25.8 Å². The molecule has 0 bridgehead atoms. The van der Waals surface area contributed by atoms with Crippen LogP contribution in [0.4, 0.5) is 5.69 Å². The number of hydrogen-bond donors (Lipinski definition) is 3. The Kier molecular flexibility index (Phi) is 9.02. The fourth-order valence-electron chi connectivity index (χ4n) is 2.19. The molecule has 0 heterocycles. The summed E-state index contributed by atoms with van der Waals surface area (Å²) >= 11 is 3.33. The van der Waals surface area contributed by atoms with E-state index in [4.69, 9.17) is 4.74 Å². The van der Waals surface area contributed by atoms with E-state index in [2.05, 4.69) is 37.1 Å². The van der Waals surface area contributed by atoms with E-state index in [1.54, 1.807) is 43.3 Å². The summed E-state index contributed by atoms with van der Waals surface area (Å²) in [5, 5.41) is 9.07. The number of amides is 3. The average molecular weight is 475 g/mol. The lowest BCUT2D eigenvalue weighted by atomic mass is 10.2. The Morgan fingerprint density at radius 2 is 1.80 bits per heavy atom. The molecule has 158 valence electrons. The molecule has 0 aliphatic carbocycles. The van der Waals surface area contributed by atoms with Crippen LogP contribution in [0.3, 0.4) is 0 Å². The molecule has 0 radical (unpaired) electrons. The number of halogens is 1. The van der Waals surface area contributed by atoms with Gasteiger partial charge in [-0.1, -0.05) is 35.0 Å². The predicted molar refractivity (Wildman–Crippen MR) is 118 cm³/mol. The van der Waals surface area contributed by atoms with E-state index in [0.29, 0.717) is 23.4 Å². The van der Waals surface area contributed by atoms with E-state index in [9.17, 15) is 14.4 Å². The van der Waals surface area contributed by atoms with Crippen LogP contribution in [-0.2, 0) is 14.4 Å². The highest BCUT2D eigenvalue weighted by molar-refractivity contribution is 9.10. The van der Waals surface area contributed by atoms with Crippen molar-refractivity contribution in [2.75, 3.05) is 11.9 Å². The summed E-state index contributed by atoms with van der Waals surface area (Å²) in [6.07, 6.45) is 2.05. The van der Waals surface area contributed by atoms with Crippen LogP contribution in [-0.4, -0.2) is 36.6 Å². The Labute approximate surface area is 183 Å². The van der Waals surface area contributed by atoms with Gasteiger partial charge in [0.2, 0.25) is 0 Å². The molecule has 30 heavy (non-hydrogen) atoms. The number of carbonyl (C=O) groups is 3. The number of hydrazone groups is 1. The molecular weight excluding hydrogens is 452 g/mol. The van der Waals surface area contributed by atoms with Crippen LogP contribution in [0.2, 0.25) is 0 Å². The standard InChI is InChI=1S/C21H23BrN4O4/c1-3-14(2)24-20(28)21(29)26-23-12-15-6-4-5-7-18(15)30-13-19(27)25-17-10-8-16(22)9-11-17/h4-12,14H,3,13H2,1-2H3,(H,24,28)(H,25,27)(H,26,29)/b23-12-/t14-/m1/s1. The topological polar surface area (TPSA) is 109 Å². The van der Waals surface area contributed by atoms with Crippen molar-refractivity contribution in [2.24, 2.45) is 5.10 Å². The molecule has 0 fully saturated rings. The molecule has 0 unspecified atom stereocenters. The summed E-state index contributed by atoms with van der Waals surface area (Å²) in [6, 6.07) is 13.9. The number of anilines is 1. The van der Waals surface area contributed by atoms with Gasteiger partial charge in [-0.3, -0.25) is 14.4 Å². The maximum absolute atomic E-state index is 12.1. The molecule has 3 amide bonds. The highest BCUT2D eigenvalue weighted by Crippen LogP contribution is 2.17. The van der Waals surface area contributed by atoms with Crippen molar-refractivity contribution in [3.8, 4) is 5.75 Å². The molecule has 9 heteroatoms. The van der Waals surface area contributed by atoms with Gasteiger partial charge in [-0.05, 0) is 49.7 Å².